The SMILES string of the molecule is O=C(NC1CCCN(C(=O)C2CC2)C1)N1CCc2ccccc2C1. The summed E-state index contributed by atoms with van der Waals surface area (Å²) in [5.74, 6) is 0.555. The van der Waals surface area contributed by atoms with Gasteiger partial charge in [0, 0.05) is 38.1 Å². The average molecular weight is 327 g/mol. The molecular weight excluding hydrogens is 302 g/mol. The Balaban J connectivity index is 1.33. The highest BCUT2D eigenvalue weighted by molar-refractivity contribution is 5.81. The van der Waals surface area contributed by atoms with Crippen molar-refractivity contribution in [1.29, 1.82) is 0 Å². The van der Waals surface area contributed by atoms with E-state index in [1.807, 2.05) is 15.9 Å². The summed E-state index contributed by atoms with van der Waals surface area (Å²) in [6.07, 6.45) is 4.94. The Bertz CT molecular complexity index is 641. The molecule has 2 heterocycles. The summed E-state index contributed by atoms with van der Waals surface area (Å²) >= 11 is 0. The molecule has 1 saturated carbocycles. The molecule has 128 valence electrons. The van der Waals surface area contributed by atoms with E-state index in [9.17, 15) is 9.59 Å². The van der Waals surface area contributed by atoms with Crippen molar-refractivity contribution in [3.63, 3.8) is 0 Å². The number of amides is 3. The van der Waals surface area contributed by atoms with Crippen LogP contribution in [0.3, 0.4) is 0 Å². The van der Waals surface area contributed by atoms with Crippen LogP contribution in [0, 0.1) is 5.92 Å². The molecule has 3 amide bonds. The fraction of sp³-hybridized carbons (Fsp3) is 0.579. The van der Waals surface area contributed by atoms with E-state index >= 15 is 0 Å². The smallest absolute Gasteiger partial charge is 0.317 e. The topological polar surface area (TPSA) is 52.7 Å². The maximum absolute atomic E-state index is 12.6. The fourth-order valence-corrected chi connectivity index (χ4v) is 3.82. The number of rotatable bonds is 2. The van der Waals surface area contributed by atoms with Gasteiger partial charge in [0.2, 0.25) is 5.91 Å². The maximum atomic E-state index is 12.6. The zero-order chi connectivity index (χ0) is 16.5. The number of nitrogens with zero attached hydrogens (tertiary/aromatic N) is 2. The number of likely N-dealkylation sites (tertiary alicyclic amines) is 1. The third kappa shape index (κ3) is 3.25. The number of benzene rings is 1. The number of hydrogen-bond donors (Lipinski definition) is 1. The van der Waals surface area contributed by atoms with Gasteiger partial charge in [-0.2, -0.15) is 0 Å². The Hall–Kier alpha value is -2.04. The number of nitrogens with one attached hydrogen (secondary N) is 1. The number of hydrogen-bond acceptors (Lipinski definition) is 2. The average Bonchev–Trinajstić information content (AvgIpc) is 3.46. The fourth-order valence-electron chi connectivity index (χ4n) is 3.82. The van der Waals surface area contributed by atoms with Crippen molar-refractivity contribution in [1.82, 2.24) is 15.1 Å². The minimum absolute atomic E-state index is 0.00947. The van der Waals surface area contributed by atoms with Crippen molar-refractivity contribution in [3.05, 3.63) is 35.4 Å². The summed E-state index contributed by atoms with van der Waals surface area (Å²) in [6.45, 7) is 2.96. The molecule has 1 aromatic rings. The maximum Gasteiger partial charge on any atom is 0.317 e. The van der Waals surface area contributed by atoms with Gasteiger partial charge in [0.25, 0.3) is 0 Å². The highest BCUT2D eigenvalue weighted by Crippen LogP contribution is 2.32. The number of fused-ring (bicyclic) bond motifs is 1. The lowest BCUT2D eigenvalue weighted by Gasteiger charge is -2.35. The zero-order valence-electron chi connectivity index (χ0n) is 14.0. The third-order valence-corrected chi connectivity index (χ3v) is 5.41. The van der Waals surface area contributed by atoms with Crippen molar-refractivity contribution in [2.45, 2.75) is 44.7 Å². The Morgan fingerprint density at radius 1 is 1.00 bits per heavy atom. The van der Waals surface area contributed by atoms with Crippen molar-refractivity contribution in [3.8, 4) is 0 Å². The van der Waals surface area contributed by atoms with Gasteiger partial charge in [-0.1, -0.05) is 24.3 Å². The Morgan fingerprint density at radius 3 is 2.58 bits per heavy atom. The van der Waals surface area contributed by atoms with Gasteiger partial charge in [0.05, 0.1) is 0 Å². The zero-order valence-corrected chi connectivity index (χ0v) is 14.0. The van der Waals surface area contributed by atoms with Gasteiger partial charge in [0.15, 0.2) is 0 Å². The van der Waals surface area contributed by atoms with Gasteiger partial charge in [-0.05, 0) is 43.2 Å². The molecule has 4 rings (SSSR count). The summed E-state index contributed by atoms with van der Waals surface area (Å²) in [5, 5.41) is 3.16. The number of carbonyl (C=O) groups is 2. The molecule has 1 unspecified atom stereocenters. The first-order chi connectivity index (χ1) is 11.7. The van der Waals surface area contributed by atoms with Gasteiger partial charge < -0.3 is 15.1 Å². The monoisotopic (exact) mass is 327 g/mol. The molecular formula is C19H25N3O2. The van der Waals surface area contributed by atoms with Gasteiger partial charge >= 0.3 is 6.03 Å². The standard InChI is InChI=1S/C19H25N3O2/c23-18(15-7-8-15)21-10-3-6-17(13-21)20-19(24)22-11-9-14-4-1-2-5-16(14)12-22/h1-2,4-5,15,17H,3,6-13H2,(H,20,24). The molecule has 1 saturated heterocycles. The molecule has 0 bridgehead atoms. The largest absolute Gasteiger partial charge is 0.340 e. The minimum atomic E-state index is 0.00947. The normalized spacial score (nSPS) is 23.6. The van der Waals surface area contributed by atoms with Crippen molar-refractivity contribution in [2.24, 2.45) is 5.92 Å². The predicted molar refractivity (Wildman–Crippen MR) is 91.4 cm³/mol. The molecule has 2 fully saturated rings. The predicted octanol–water partition coefficient (Wildman–Crippen LogP) is 2.16. The van der Waals surface area contributed by atoms with E-state index in [1.165, 1.54) is 11.1 Å². The summed E-state index contributed by atoms with van der Waals surface area (Å²) < 4.78 is 0. The first kappa shape index (κ1) is 15.5. The lowest BCUT2D eigenvalue weighted by Crippen LogP contribution is -2.53. The number of carbonyl (C=O) groups excluding carboxylic acids is 2. The van der Waals surface area contributed by atoms with Crippen LogP contribution in [0.4, 0.5) is 4.79 Å². The molecule has 0 spiro atoms. The second kappa shape index (κ2) is 6.46. The molecule has 0 aromatic heterocycles. The van der Waals surface area contributed by atoms with Crippen LogP contribution in [-0.4, -0.2) is 47.4 Å². The van der Waals surface area contributed by atoms with Crippen LogP contribution >= 0.6 is 0 Å². The molecule has 1 atom stereocenters. The van der Waals surface area contributed by atoms with E-state index in [-0.39, 0.29) is 18.0 Å². The van der Waals surface area contributed by atoms with Crippen LogP contribution in [-0.2, 0) is 17.8 Å². The van der Waals surface area contributed by atoms with Crippen molar-refractivity contribution >= 4 is 11.9 Å². The van der Waals surface area contributed by atoms with Gasteiger partial charge in [-0.3, -0.25) is 4.79 Å². The van der Waals surface area contributed by atoms with E-state index in [4.69, 9.17) is 0 Å². The van der Waals surface area contributed by atoms with Crippen molar-refractivity contribution < 1.29 is 9.59 Å². The highest BCUT2D eigenvalue weighted by Gasteiger charge is 2.35. The van der Waals surface area contributed by atoms with Crippen LogP contribution < -0.4 is 5.32 Å². The summed E-state index contributed by atoms with van der Waals surface area (Å²) in [5.41, 5.74) is 2.59. The minimum Gasteiger partial charge on any atom is -0.340 e. The van der Waals surface area contributed by atoms with Gasteiger partial charge in [-0.25, -0.2) is 4.79 Å². The van der Waals surface area contributed by atoms with E-state index in [0.717, 1.165) is 45.2 Å². The van der Waals surface area contributed by atoms with E-state index in [1.54, 1.807) is 0 Å². The second-order valence-corrected chi connectivity index (χ2v) is 7.29. The summed E-state index contributed by atoms with van der Waals surface area (Å²) in [4.78, 5) is 28.7. The summed E-state index contributed by atoms with van der Waals surface area (Å²) in [7, 11) is 0. The molecule has 1 aromatic carbocycles. The second-order valence-electron chi connectivity index (χ2n) is 7.29. The number of urea groups is 1. The Kier molecular flexibility index (Phi) is 4.17. The van der Waals surface area contributed by atoms with E-state index in [0.29, 0.717) is 19.0 Å². The quantitative estimate of drug-likeness (QED) is 0.905. The first-order valence-corrected chi connectivity index (χ1v) is 9.12. The van der Waals surface area contributed by atoms with Crippen LogP contribution in [0.15, 0.2) is 24.3 Å². The van der Waals surface area contributed by atoms with Crippen LogP contribution in [0.1, 0.15) is 36.8 Å². The molecule has 5 heteroatoms. The lowest BCUT2D eigenvalue weighted by atomic mass is 10.00. The van der Waals surface area contributed by atoms with Crippen LogP contribution in [0.5, 0.6) is 0 Å². The first-order valence-electron chi connectivity index (χ1n) is 9.12. The summed E-state index contributed by atoms with van der Waals surface area (Å²) in [6, 6.07) is 8.44. The van der Waals surface area contributed by atoms with Crippen molar-refractivity contribution in [2.75, 3.05) is 19.6 Å². The Morgan fingerprint density at radius 2 is 1.79 bits per heavy atom. The molecule has 5 nitrogen and oxygen atoms in total. The molecule has 0 radical (unpaired) electrons. The Labute approximate surface area is 143 Å². The molecule has 24 heavy (non-hydrogen) atoms. The molecule has 3 aliphatic rings. The van der Waals surface area contributed by atoms with Crippen LogP contribution in [0.25, 0.3) is 0 Å². The van der Waals surface area contributed by atoms with E-state index < -0.39 is 0 Å². The van der Waals surface area contributed by atoms with Gasteiger partial charge in [-0.15, -0.1) is 0 Å². The third-order valence-electron chi connectivity index (χ3n) is 5.41. The van der Waals surface area contributed by atoms with E-state index in [2.05, 4.69) is 23.5 Å². The molecule has 1 N–H and O–H groups in total. The lowest BCUT2D eigenvalue weighted by molar-refractivity contribution is -0.133. The molecule has 1 aliphatic carbocycles. The van der Waals surface area contributed by atoms with Crippen LogP contribution in [0.2, 0.25) is 0 Å². The number of piperidine rings is 1. The van der Waals surface area contributed by atoms with Gasteiger partial charge in [0.1, 0.15) is 0 Å². The highest BCUT2D eigenvalue weighted by atomic mass is 16.2. The molecule has 2 aliphatic heterocycles.